The van der Waals surface area contributed by atoms with E-state index in [4.69, 9.17) is 26.3 Å². The smallest absolute Gasteiger partial charge is 0.328 e. The highest BCUT2D eigenvalue weighted by atomic mass is 127. The van der Waals surface area contributed by atoms with E-state index in [1.807, 2.05) is 64.3 Å². The number of rotatable bonds is 14. The fourth-order valence-electron chi connectivity index (χ4n) is 5.88. The number of fused-ring (bicyclic) bond motifs is 1. The number of piperazine rings is 1. The molecule has 1 aromatic heterocycles. The summed E-state index contributed by atoms with van der Waals surface area (Å²) in [5, 5.41) is 5.10. The van der Waals surface area contributed by atoms with E-state index in [9.17, 15) is 4.79 Å². The molecule has 5 rings (SSSR count). The first kappa shape index (κ1) is 35.5. The number of esters is 1. The minimum Gasteiger partial charge on any atom is -0.464 e. The molecule has 47 heavy (non-hydrogen) atoms. The highest BCUT2D eigenvalue weighted by molar-refractivity contribution is 14.1. The zero-order valence-electron chi connectivity index (χ0n) is 27.8. The summed E-state index contributed by atoms with van der Waals surface area (Å²) in [4.78, 5) is 30.2. The highest BCUT2D eigenvalue weighted by Crippen LogP contribution is 2.31. The summed E-state index contributed by atoms with van der Waals surface area (Å²) in [5.74, 6) is 1.43. The number of benzene rings is 3. The fourth-order valence-corrected chi connectivity index (χ4v) is 6.52. The minimum atomic E-state index is -0.512. The van der Waals surface area contributed by atoms with E-state index in [1.54, 1.807) is 0 Å². The van der Waals surface area contributed by atoms with Crippen molar-refractivity contribution in [2.75, 3.05) is 58.7 Å². The van der Waals surface area contributed by atoms with E-state index in [0.717, 1.165) is 58.9 Å². The molecule has 1 N–H and O–H groups in total. The van der Waals surface area contributed by atoms with Gasteiger partial charge >= 0.3 is 5.97 Å². The first-order chi connectivity index (χ1) is 22.7. The van der Waals surface area contributed by atoms with Crippen LogP contribution >= 0.6 is 34.2 Å². The van der Waals surface area contributed by atoms with E-state index in [-0.39, 0.29) is 17.9 Å². The normalized spacial score (nSPS) is 15.7. The van der Waals surface area contributed by atoms with Crippen LogP contribution in [0.5, 0.6) is 0 Å². The summed E-state index contributed by atoms with van der Waals surface area (Å²) in [6.45, 7) is 9.45. The lowest BCUT2D eigenvalue weighted by atomic mass is 9.95. The van der Waals surface area contributed by atoms with Crippen LogP contribution in [-0.2, 0) is 20.5 Å². The van der Waals surface area contributed by atoms with Gasteiger partial charge in [-0.1, -0.05) is 96.6 Å². The molecule has 1 aliphatic heterocycles. The second-order valence-electron chi connectivity index (χ2n) is 13.0. The maximum absolute atomic E-state index is 13.2. The van der Waals surface area contributed by atoms with Crippen molar-refractivity contribution in [1.82, 2.24) is 24.7 Å². The molecule has 0 bridgehead atoms. The van der Waals surface area contributed by atoms with Crippen molar-refractivity contribution >= 4 is 56.9 Å². The molecule has 8 nitrogen and oxygen atoms in total. The molecule has 4 aromatic rings. The average Bonchev–Trinajstić information content (AvgIpc) is 3.07. The number of carbonyl (C=O) groups is 1. The average molecular weight is 769 g/mol. The number of nitrogens with zero attached hydrogens (tertiary/aromatic N) is 5. The third-order valence-corrected chi connectivity index (χ3v) is 9.57. The minimum absolute atomic E-state index is 0.153. The lowest BCUT2D eigenvalue weighted by molar-refractivity contribution is -0.145. The Kier molecular flexibility index (Phi) is 12.8. The van der Waals surface area contributed by atoms with Crippen molar-refractivity contribution in [3.63, 3.8) is 0 Å². The predicted octanol–water partition coefficient (Wildman–Crippen LogP) is 7.06. The van der Waals surface area contributed by atoms with Crippen molar-refractivity contribution < 1.29 is 9.53 Å². The molecule has 10 heteroatoms. The SMILES string of the molecule is CC(C)COC(=O)[C@H](CCN(C)C)Nc1nc(CN2CCN(C(c3ccc(Cl)cc3)c3ccc(CI)cc3)CC2)nc2ccccc12. The van der Waals surface area contributed by atoms with Crippen molar-refractivity contribution in [1.29, 1.82) is 0 Å². The van der Waals surface area contributed by atoms with Crippen molar-refractivity contribution in [2.45, 2.75) is 43.3 Å². The van der Waals surface area contributed by atoms with Crippen LogP contribution in [0.4, 0.5) is 5.82 Å². The largest absolute Gasteiger partial charge is 0.464 e. The van der Waals surface area contributed by atoms with Crippen LogP contribution in [0.15, 0.2) is 72.8 Å². The molecular formula is C37H46ClIN6O2. The summed E-state index contributed by atoms with van der Waals surface area (Å²) in [5.41, 5.74) is 4.72. The number of halogens is 2. The number of alkyl halides is 1. The third kappa shape index (κ3) is 9.85. The van der Waals surface area contributed by atoms with Gasteiger partial charge in [-0.05, 0) is 67.4 Å². The van der Waals surface area contributed by atoms with Crippen molar-refractivity contribution in [3.05, 3.63) is 100 Å². The molecule has 1 saturated heterocycles. The predicted molar refractivity (Wildman–Crippen MR) is 200 cm³/mol. The molecule has 250 valence electrons. The van der Waals surface area contributed by atoms with Crippen LogP contribution in [0.3, 0.4) is 0 Å². The Morgan fingerprint density at radius 2 is 1.62 bits per heavy atom. The van der Waals surface area contributed by atoms with Crippen LogP contribution < -0.4 is 5.32 Å². The number of anilines is 1. The molecule has 0 radical (unpaired) electrons. The number of hydrogen-bond donors (Lipinski definition) is 1. The maximum atomic E-state index is 13.2. The number of para-hydroxylation sites is 1. The van der Waals surface area contributed by atoms with E-state index in [1.165, 1.54) is 16.7 Å². The third-order valence-electron chi connectivity index (χ3n) is 8.44. The monoisotopic (exact) mass is 768 g/mol. The number of carbonyl (C=O) groups excluding carboxylic acids is 1. The fraction of sp³-hybridized carbons (Fsp3) is 0.432. The first-order valence-corrected chi connectivity index (χ1v) is 18.3. The molecule has 3 aromatic carbocycles. The number of nitrogens with one attached hydrogen (secondary N) is 1. The van der Waals surface area contributed by atoms with E-state index >= 15 is 0 Å². The summed E-state index contributed by atoms with van der Waals surface area (Å²) >= 11 is 8.68. The van der Waals surface area contributed by atoms with Crippen LogP contribution in [0, 0.1) is 5.92 Å². The second-order valence-corrected chi connectivity index (χ2v) is 14.2. The standard InChI is InChI=1S/C37H46ClIN6O2/c1-26(2)25-47-37(46)33(17-18-43(3)4)41-36-31-7-5-6-8-32(31)40-34(42-36)24-44-19-21-45(22-20-44)35(29-13-15-30(38)16-14-29)28-11-9-27(23-39)10-12-28/h5-16,26,33,35H,17-25H2,1-4H3,(H,40,41,42)/t33-,35?/m0/s1. The van der Waals surface area contributed by atoms with Gasteiger partial charge in [-0.3, -0.25) is 9.80 Å². The maximum Gasteiger partial charge on any atom is 0.328 e. The zero-order chi connectivity index (χ0) is 33.3. The Hall–Kier alpha value is -2.83. The number of ether oxygens (including phenoxy) is 1. The summed E-state index contributed by atoms with van der Waals surface area (Å²) in [7, 11) is 4.02. The Labute approximate surface area is 298 Å². The molecular weight excluding hydrogens is 723 g/mol. The van der Waals surface area contributed by atoms with Gasteiger partial charge in [0.25, 0.3) is 0 Å². The van der Waals surface area contributed by atoms with Crippen LogP contribution in [0.1, 0.15) is 48.8 Å². The molecule has 2 heterocycles. The van der Waals surface area contributed by atoms with Gasteiger partial charge in [-0.25, -0.2) is 14.8 Å². The summed E-state index contributed by atoms with van der Waals surface area (Å²) in [6, 6.07) is 24.9. The second kappa shape index (κ2) is 17.0. The van der Waals surface area contributed by atoms with Crippen LogP contribution in [0.2, 0.25) is 5.02 Å². The first-order valence-electron chi connectivity index (χ1n) is 16.4. The molecule has 1 unspecified atom stereocenters. The lowest BCUT2D eigenvalue weighted by Crippen LogP contribution is -2.47. The van der Waals surface area contributed by atoms with E-state index < -0.39 is 6.04 Å². The van der Waals surface area contributed by atoms with Gasteiger partial charge in [0.05, 0.1) is 24.7 Å². The molecule has 0 saturated carbocycles. The van der Waals surface area contributed by atoms with E-state index in [2.05, 4.69) is 79.0 Å². The topological polar surface area (TPSA) is 73.8 Å². The van der Waals surface area contributed by atoms with Gasteiger partial charge in [0.2, 0.25) is 0 Å². The molecule has 0 spiro atoms. The number of hydrogen-bond acceptors (Lipinski definition) is 8. The molecule has 0 amide bonds. The van der Waals surface area contributed by atoms with E-state index in [0.29, 0.717) is 25.4 Å². The van der Waals surface area contributed by atoms with Crippen LogP contribution in [-0.4, -0.2) is 90.1 Å². The Morgan fingerprint density at radius 3 is 2.26 bits per heavy atom. The molecule has 1 aliphatic rings. The molecule has 1 fully saturated rings. The van der Waals surface area contributed by atoms with Gasteiger partial charge in [0, 0.05) is 47.6 Å². The lowest BCUT2D eigenvalue weighted by Gasteiger charge is -2.39. The van der Waals surface area contributed by atoms with Gasteiger partial charge in [-0.15, -0.1) is 0 Å². The molecule has 2 atom stereocenters. The Bertz CT molecular complexity index is 1590. The van der Waals surface area contributed by atoms with Gasteiger partial charge in [0.1, 0.15) is 17.7 Å². The Morgan fingerprint density at radius 1 is 0.957 bits per heavy atom. The van der Waals surface area contributed by atoms with Crippen LogP contribution in [0.25, 0.3) is 10.9 Å². The summed E-state index contributed by atoms with van der Waals surface area (Å²) in [6.07, 6.45) is 0.606. The van der Waals surface area contributed by atoms with Gasteiger partial charge in [0.15, 0.2) is 0 Å². The Balaban J connectivity index is 1.32. The summed E-state index contributed by atoms with van der Waals surface area (Å²) < 4.78 is 6.66. The van der Waals surface area contributed by atoms with Crippen molar-refractivity contribution in [3.8, 4) is 0 Å². The van der Waals surface area contributed by atoms with Crippen molar-refractivity contribution in [2.24, 2.45) is 5.92 Å². The van der Waals surface area contributed by atoms with Gasteiger partial charge < -0.3 is 15.0 Å². The van der Waals surface area contributed by atoms with Gasteiger partial charge in [-0.2, -0.15) is 0 Å². The number of aromatic nitrogens is 2. The molecule has 0 aliphatic carbocycles. The quantitative estimate of drug-likeness (QED) is 0.0832. The highest BCUT2D eigenvalue weighted by Gasteiger charge is 2.28. The zero-order valence-corrected chi connectivity index (χ0v) is 30.7.